The van der Waals surface area contributed by atoms with Crippen LogP contribution in [-0.2, 0) is 9.59 Å². The molecule has 0 N–H and O–H groups in total. The molecule has 1 aliphatic rings. The van der Waals surface area contributed by atoms with Gasteiger partial charge in [-0.3, -0.25) is 14.5 Å². The van der Waals surface area contributed by atoms with E-state index in [2.05, 4.69) is 6.92 Å². The van der Waals surface area contributed by atoms with Gasteiger partial charge in [0.1, 0.15) is 23.1 Å². The van der Waals surface area contributed by atoms with Gasteiger partial charge in [0.05, 0.1) is 18.3 Å². The lowest BCUT2D eigenvalue weighted by atomic mass is 9.91. The van der Waals surface area contributed by atoms with E-state index < -0.39 is 17.9 Å². The van der Waals surface area contributed by atoms with Crippen LogP contribution >= 0.6 is 0 Å². The largest absolute Gasteiger partial charge is 0.494 e. The van der Waals surface area contributed by atoms with E-state index in [4.69, 9.17) is 9.84 Å². The Kier molecular flexibility index (Phi) is 8.16. The lowest BCUT2D eigenvalue weighted by Gasteiger charge is -2.32. The fourth-order valence-electron chi connectivity index (χ4n) is 5.11. The number of hydrogen-bond donors (Lipinski definition) is 0. The Hall–Kier alpha value is -5.22. The van der Waals surface area contributed by atoms with Gasteiger partial charge in [0, 0.05) is 22.9 Å². The lowest BCUT2D eigenvalue weighted by molar-refractivity contribution is -0.143. The molecule has 210 valence electrons. The molecule has 5 rings (SSSR count). The van der Waals surface area contributed by atoms with E-state index in [1.165, 1.54) is 4.90 Å². The van der Waals surface area contributed by atoms with Crippen LogP contribution in [0.5, 0.6) is 5.75 Å². The predicted molar refractivity (Wildman–Crippen MR) is 163 cm³/mol. The molecule has 1 aliphatic heterocycles. The highest BCUT2D eigenvalue weighted by atomic mass is 16.5. The number of amides is 2. The van der Waals surface area contributed by atoms with Gasteiger partial charge in [-0.15, -0.1) is 0 Å². The molecule has 2 amide bonds. The van der Waals surface area contributed by atoms with Gasteiger partial charge < -0.3 is 4.74 Å². The first-order valence-electron chi connectivity index (χ1n) is 14.0. The fraction of sp³-hybridized carbons (Fsp3) is 0.200. The van der Waals surface area contributed by atoms with Crippen LogP contribution in [0.15, 0.2) is 102 Å². The van der Waals surface area contributed by atoms with Crippen LogP contribution in [0, 0.1) is 18.3 Å². The summed E-state index contributed by atoms with van der Waals surface area (Å²) in [6.45, 7) is 8.14. The van der Waals surface area contributed by atoms with E-state index in [1.54, 1.807) is 24.6 Å². The highest BCUT2D eigenvalue weighted by Gasteiger charge is 2.39. The van der Waals surface area contributed by atoms with E-state index >= 15 is 0 Å². The van der Waals surface area contributed by atoms with Crippen LogP contribution in [0.1, 0.15) is 49.9 Å². The maximum atomic E-state index is 14.0. The SMILES string of the molecule is CCCOc1ccc(-c2nn(-c3ccccc3)cc2/C=C2/C(=O)N(C(C)c3ccccc3)C(=O)C(C#N)=C2C)c(C)c1. The van der Waals surface area contributed by atoms with Crippen LogP contribution in [-0.4, -0.2) is 33.1 Å². The monoisotopic (exact) mass is 556 g/mol. The molecule has 0 radical (unpaired) electrons. The number of benzene rings is 3. The van der Waals surface area contributed by atoms with Gasteiger partial charge in [0.15, 0.2) is 0 Å². The van der Waals surface area contributed by atoms with Crippen molar-refractivity contribution in [2.75, 3.05) is 6.61 Å². The molecule has 42 heavy (non-hydrogen) atoms. The summed E-state index contributed by atoms with van der Waals surface area (Å²) in [5.74, 6) is -0.261. The van der Waals surface area contributed by atoms with Crippen LogP contribution in [0.2, 0.25) is 0 Å². The zero-order valence-electron chi connectivity index (χ0n) is 24.2. The summed E-state index contributed by atoms with van der Waals surface area (Å²) in [6, 6.07) is 26.4. The second-order valence-corrected chi connectivity index (χ2v) is 10.3. The van der Waals surface area contributed by atoms with E-state index in [-0.39, 0.29) is 11.1 Å². The molecule has 2 heterocycles. The predicted octanol–water partition coefficient (Wildman–Crippen LogP) is 6.99. The highest BCUT2D eigenvalue weighted by Crippen LogP contribution is 2.36. The van der Waals surface area contributed by atoms with Gasteiger partial charge in [0.25, 0.3) is 11.8 Å². The molecule has 7 nitrogen and oxygen atoms in total. The van der Waals surface area contributed by atoms with E-state index in [1.807, 2.05) is 98.1 Å². The first-order valence-corrected chi connectivity index (χ1v) is 14.0. The number of carbonyl (C=O) groups is 2. The number of para-hydroxylation sites is 1. The summed E-state index contributed by atoms with van der Waals surface area (Å²) in [4.78, 5) is 28.6. The Morgan fingerprint density at radius 3 is 2.31 bits per heavy atom. The Morgan fingerprint density at radius 1 is 0.976 bits per heavy atom. The quantitative estimate of drug-likeness (QED) is 0.172. The molecule has 4 aromatic rings. The maximum Gasteiger partial charge on any atom is 0.272 e. The number of ether oxygens (including phenoxy) is 1. The molecular weight excluding hydrogens is 524 g/mol. The molecule has 1 atom stereocenters. The molecule has 1 aromatic heterocycles. The van der Waals surface area contributed by atoms with Crippen molar-refractivity contribution < 1.29 is 14.3 Å². The number of carbonyl (C=O) groups excluding carboxylic acids is 2. The summed E-state index contributed by atoms with van der Waals surface area (Å²) in [6.07, 6.45) is 4.52. The van der Waals surface area contributed by atoms with Crippen molar-refractivity contribution in [3.05, 3.63) is 118 Å². The van der Waals surface area contributed by atoms with Crippen molar-refractivity contribution in [3.8, 4) is 28.8 Å². The molecule has 3 aromatic carbocycles. The molecule has 0 bridgehead atoms. The van der Waals surface area contributed by atoms with E-state index in [0.717, 1.165) is 34.5 Å². The van der Waals surface area contributed by atoms with Crippen molar-refractivity contribution in [2.24, 2.45) is 0 Å². The van der Waals surface area contributed by atoms with Crippen LogP contribution in [0.4, 0.5) is 0 Å². The Morgan fingerprint density at radius 2 is 1.67 bits per heavy atom. The number of aryl methyl sites for hydroxylation is 1. The summed E-state index contributed by atoms with van der Waals surface area (Å²) in [5, 5.41) is 14.9. The summed E-state index contributed by atoms with van der Waals surface area (Å²) in [5.41, 5.74) is 5.45. The molecule has 0 saturated heterocycles. The summed E-state index contributed by atoms with van der Waals surface area (Å²) < 4.78 is 7.60. The zero-order chi connectivity index (χ0) is 29.8. The number of imide groups is 1. The van der Waals surface area contributed by atoms with Gasteiger partial charge in [-0.25, -0.2) is 4.68 Å². The third-order valence-corrected chi connectivity index (χ3v) is 7.43. The van der Waals surface area contributed by atoms with Gasteiger partial charge in [-0.1, -0.05) is 55.5 Å². The number of rotatable bonds is 8. The standard InChI is InChI=1S/C35H32N4O3/c1-5-18-42-29-16-17-30(23(2)19-29)33-27(22-38(37-33)28-14-10-7-11-15-28)20-31-24(3)32(21-36)35(41)39(34(31)40)25(4)26-12-8-6-9-13-26/h6-17,19-20,22,25H,5,18H2,1-4H3/b31-20+. The normalized spacial score (nSPS) is 15.2. The zero-order valence-corrected chi connectivity index (χ0v) is 24.2. The Balaban J connectivity index is 1.66. The average molecular weight is 557 g/mol. The minimum atomic E-state index is -0.591. The van der Waals surface area contributed by atoms with Crippen molar-refractivity contribution in [1.29, 1.82) is 5.26 Å². The molecule has 0 saturated carbocycles. The molecule has 0 spiro atoms. The average Bonchev–Trinajstić information content (AvgIpc) is 3.43. The number of nitrogens with zero attached hydrogens (tertiary/aromatic N) is 4. The minimum absolute atomic E-state index is 0.0470. The van der Waals surface area contributed by atoms with Crippen LogP contribution in [0.25, 0.3) is 23.0 Å². The summed E-state index contributed by atoms with van der Waals surface area (Å²) in [7, 11) is 0. The van der Waals surface area contributed by atoms with Crippen molar-refractivity contribution in [1.82, 2.24) is 14.7 Å². The number of aromatic nitrogens is 2. The van der Waals surface area contributed by atoms with Gasteiger partial charge in [0.2, 0.25) is 0 Å². The van der Waals surface area contributed by atoms with E-state index in [0.29, 0.717) is 23.4 Å². The Labute approximate surface area is 246 Å². The highest BCUT2D eigenvalue weighted by molar-refractivity contribution is 6.20. The van der Waals surface area contributed by atoms with Crippen LogP contribution in [0.3, 0.4) is 0 Å². The summed E-state index contributed by atoms with van der Waals surface area (Å²) >= 11 is 0. The second-order valence-electron chi connectivity index (χ2n) is 10.3. The Bertz CT molecular complexity index is 1740. The first-order chi connectivity index (χ1) is 20.3. The van der Waals surface area contributed by atoms with Gasteiger partial charge in [-0.05, 0) is 80.3 Å². The molecule has 0 fully saturated rings. The van der Waals surface area contributed by atoms with Crippen molar-refractivity contribution >= 4 is 17.9 Å². The minimum Gasteiger partial charge on any atom is -0.494 e. The maximum absolute atomic E-state index is 14.0. The van der Waals surface area contributed by atoms with Crippen molar-refractivity contribution in [3.63, 3.8) is 0 Å². The lowest BCUT2D eigenvalue weighted by Crippen LogP contribution is -2.44. The van der Waals surface area contributed by atoms with E-state index in [9.17, 15) is 14.9 Å². The topological polar surface area (TPSA) is 88.2 Å². The first kappa shape index (κ1) is 28.3. The molecular formula is C35H32N4O3. The smallest absolute Gasteiger partial charge is 0.272 e. The fourth-order valence-corrected chi connectivity index (χ4v) is 5.11. The molecule has 0 aliphatic carbocycles. The second kappa shape index (κ2) is 12.1. The number of hydrogen-bond acceptors (Lipinski definition) is 5. The van der Waals surface area contributed by atoms with Gasteiger partial charge in [-0.2, -0.15) is 10.4 Å². The van der Waals surface area contributed by atoms with Gasteiger partial charge >= 0.3 is 0 Å². The number of nitriles is 1. The van der Waals surface area contributed by atoms with Crippen molar-refractivity contribution in [2.45, 2.75) is 40.2 Å². The third kappa shape index (κ3) is 5.39. The molecule has 1 unspecified atom stereocenters. The third-order valence-electron chi connectivity index (χ3n) is 7.43. The van der Waals surface area contributed by atoms with Crippen LogP contribution < -0.4 is 4.74 Å². The molecule has 7 heteroatoms.